The number of rotatable bonds is 4. The number of carbonyl (C=O) groups excluding carboxylic acids is 1. The zero-order valence-electron chi connectivity index (χ0n) is 15.0. The molecular formula is C19H22ClN5O2. The zero-order chi connectivity index (χ0) is 17.7. The van der Waals surface area contributed by atoms with Crippen LogP contribution in [0.2, 0.25) is 0 Å². The number of oxazole rings is 1. The lowest BCUT2D eigenvalue weighted by Crippen LogP contribution is -2.28. The average Bonchev–Trinajstić information content (AvgIpc) is 3.04. The molecule has 0 unspecified atom stereocenters. The molecule has 0 bridgehead atoms. The number of amides is 1. The Morgan fingerprint density at radius 2 is 2.19 bits per heavy atom. The van der Waals surface area contributed by atoms with Crippen molar-refractivity contribution in [3.8, 4) is 0 Å². The number of fused-ring (bicyclic) bond motifs is 1. The van der Waals surface area contributed by atoms with Crippen LogP contribution in [0, 0.1) is 5.92 Å². The zero-order valence-corrected chi connectivity index (χ0v) is 15.8. The molecule has 1 saturated carbocycles. The summed E-state index contributed by atoms with van der Waals surface area (Å²) < 4.78 is 7.62. The third-order valence-electron chi connectivity index (χ3n) is 5.30. The van der Waals surface area contributed by atoms with E-state index in [-0.39, 0.29) is 30.2 Å². The molecule has 0 radical (unpaired) electrons. The summed E-state index contributed by atoms with van der Waals surface area (Å²) in [6.45, 7) is 1.46. The van der Waals surface area contributed by atoms with E-state index in [4.69, 9.17) is 4.42 Å². The van der Waals surface area contributed by atoms with E-state index >= 15 is 0 Å². The van der Waals surface area contributed by atoms with Crippen molar-refractivity contribution in [2.45, 2.75) is 24.7 Å². The SMILES string of the molecule is Cl.Cn1cc([C@H]2CNC[C@@H]2C(=O)Nc2ccc3nc(C4CC4)oc3c2)cn1. The first-order chi connectivity index (χ1) is 12.7. The van der Waals surface area contributed by atoms with Crippen LogP contribution in [0.3, 0.4) is 0 Å². The standard InChI is InChI=1S/C19H21N5O2.ClH/c1-24-10-12(7-21-24)14-8-20-9-15(14)18(25)22-13-4-5-16-17(6-13)26-19(23-16)11-2-3-11;/h4-7,10-11,14-15,20H,2-3,8-9H2,1H3,(H,22,25);1H/t14-,15+;/m1./s1. The summed E-state index contributed by atoms with van der Waals surface area (Å²) in [4.78, 5) is 17.4. The van der Waals surface area contributed by atoms with Gasteiger partial charge in [0.2, 0.25) is 5.91 Å². The lowest BCUT2D eigenvalue weighted by molar-refractivity contribution is -0.119. The van der Waals surface area contributed by atoms with Crippen LogP contribution in [0.5, 0.6) is 0 Å². The maximum absolute atomic E-state index is 12.8. The number of carbonyl (C=O) groups is 1. The first kappa shape index (κ1) is 18.0. The molecule has 2 aliphatic rings. The molecule has 1 aliphatic heterocycles. The lowest BCUT2D eigenvalue weighted by Gasteiger charge is -2.17. The van der Waals surface area contributed by atoms with Gasteiger partial charge in [-0.25, -0.2) is 4.98 Å². The topological polar surface area (TPSA) is 85.0 Å². The molecule has 1 saturated heterocycles. The first-order valence-electron chi connectivity index (χ1n) is 9.08. The highest BCUT2D eigenvalue weighted by Gasteiger charge is 2.35. The summed E-state index contributed by atoms with van der Waals surface area (Å²) >= 11 is 0. The van der Waals surface area contributed by atoms with Gasteiger partial charge in [-0.1, -0.05) is 0 Å². The van der Waals surface area contributed by atoms with Gasteiger partial charge in [0.05, 0.1) is 12.1 Å². The van der Waals surface area contributed by atoms with Gasteiger partial charge in [0.15, 0.2) is 11.5 Å². The van der Waals surface area contributed by atoms with Gasteiger partial charge in [-0.3, -0.25) is 9.48 Å². The minimum absolute atomic E-state index is 0. The molecule has 3 aromatic rings. The minimum atomic E-state index is -0.119. The van der Waals surface area contributed by atoms with Crippen LogP contribution in [0.15, 0.2) is 35.0 Å². The Balaban J connectivity index is 0.00000180. The van der Waals surface area contributed by atoms with Crippen molar-refractivity contribution >= 4 is 35.1 Å². The molecule has 142 valence electrons. The third kappa shape index (κ3) is 3.44. The Morgan fingerprint density at radius 1 is 1.33 bits per heavy atom. The van der Waals surface area contributed by atoms with Crippen LogP contribution in [-0.4, -0.2) is 33.8 Å². The van der Waals surface area contributed by atoms with Crippen molar-refractivity contribution in [1.29, 1.82) is 0 Å². The van der Waals surface area contributed by atoms with Crippen LogP contribution in [-0.2, 0) is 11.8 Å². The summed E-state index contributed by atoms with van der Waals surface area (Å²) in [5, 5.41) is 10.6. The van der Waals surface area contributed by atoms with Crippen molar-refractivity contribution in [3.63, 3.8) is 0 Å². The van der Waals surface area contributed by atoms with E-state index in [1.54, 1.807) is 4.68 Å². The quantitative estimate of drug-likeness (QED) is 0.719. The largest absolute Gasteiger partial charge is 0.440 e. The highest BCUT2D eigenvalue weighted by atomic mass is 35.5. The molecule has 7 nitrogen and oxygen atoms in total. The van der Waals surface area contributed by atoms with Gasteiger partial charge < -0.3 is 15.1 Å². The Labute approximate surface area is 162 Å². The van der Waals surface area contributed by atoms with E-state index in [0.29, 0.717) is 12.5 Å². The van der Waals surface area contributed by atoms with Crippen molar-refractivity contribution in [2.75, 3.05) is 18.4 Å². The number of halogens is 1. The van der Waals surface area contributed by atoms with E-state index in [1.165, 1.54) is 0 Å². The van der Waals surface area contributed by atoms with E-state index < -0.39 is 0 Å². The fraction of sp³-hybridized carbons (Fsp3) is 0.421. The number of anilines is 1. The van der Waals surface area contributed by atoms with Crippen molar-refractivity contribution in [3.05, 3.63) is 42.0 Å². The Kier molecular flexibility index (Phi) is 4.65. The molecule has 27 heavy (non-hydrogen) atoms. The highest BCUT2D eigenvalue weighted by molar-refractivity contribution is 5.95. The molecule has 1 amide bonds. The van der Waals surface area contributed by atoms with Gasteiger partial charge in [-0.2, -0.15) is 5.10 Å². The summed E-state index contributed by atoms with van der Waals surface area (Å²) in [7, 11) is 1.89. The van der Waals surface area contributed by atoms with Crippen LogP contribution < -0.4 is 10.6 Å². The number of hydrogen-bond donors (Lipinski definition) is 2. The van der Waals surface area contributed by atoms with Gasteiger partial charge in [0, 0.05) is 49.9 Å². The van der Waals surface area contributed by atoms with Crippen molar-refractivity contribution in [1.82, 2.24) is 20.1 Å². The fourth-order valence-corrected chi connectivity index (χ4v) is 3.70. The van der Waals surface area contributed by atoms with Crippen LogP contribution in [0.1, 0.15) is 36.1 Å². The Bertz CT molecular complexity index is 978. The summed E-state index contributed by atoms with van der Waals surface area (Å²) in [5.41, 5.74) is 3.42. The number of nitrogens with zero attached hydrogens (tertiary/aromatic N) is 3. The van der Waals surface area contributed by atoms with Crippen molar-refractivity contribution < 1.29 is 9.21 Å². The number of nitrogens with one attached hydrogen (secondary N) is 2. The van der Waals surface area contributed by atoms with Crippen LogP contribution >= 0.6 is 12.4 Å². The maximum atomic E-state index is 12.8. The minimum Gasteiger partial charge on any atom is -0.440 e. The normalized spacial score (nSPS) is 22.0. The van der Waals surface area contributed by atoms with E-state index in [0.717, 1.165) is 47.6 Å². The second kappa shape index (κ2) is 6.98. The summed E-state index contributed by atoms with van der Waals surface area (Å²) in [6.07, 6.45) is 6.14. The van der Waals surface area contributed by atoms with Gasteiger partial charge in [0.25, 0.3) is 0 Å². The van der Waals surface area contributed by atoms with E-state index in [9.17, 15) is 4.79 Å². The van der Waals surface area contributed by atoms with Crippen LogP contribution in [0.4, 0.5) is 5.69 Å². The lowest BCUT2D eigenvalue weighted by atomic mass is 9.90. The molecule has 2 aromatic heterocycles. The molecule has 0 spiro atoms. The van der Waals surface area contributed by atoms with Gasteiger partial charge >= 0.3 is 0 Å². The number of hydrogen-bond acceptors (Lipinski definition) is 5. The van der Waals surface area contributed by atoms with Crippen LogP contribution in [0.25, 0.3) is 11.1 Å². The van der Waals surface area contributed by atoms with Gasteiger partial charge in [-0.05, 0) is 30.5 Å². The van der Waals surface area contributed by atoms with Gasteiger partial charge in [-0.15, -0.1) is 12.4 Å². The second-order valence-electron chi connectivity index (χ2n) is 7.32. The Hall–Kier alpha value is -2.38. The average molecular weight is 388 g/mol. The molecule has 2 N–H and O–H groups in total. The smallest absolute Gasteiger partial charge is 0.229 e. The monoisotopic (exact) mass is 387 g/mol. The molecule has 2 atom stereocenters. The molecular weight excluding hydrogens is 366 g/mol. The summed E-state index contributed by atoms with van der Waals surface area (Å²) in [6, 6.07) is 5.67. The number of benzene rings is 1. The van der Waals surface area contributed by atoms with Gasteiger partial charge in [0.1, 0.15) is 5.52 Å². The molecule has 1 aliphatic carbocycles. The number of aryl methyl sites for hydroxylation is 1. The summed E-state index contributed by atoms with van der Waals surface area (Å²) in [5.74, 6) is 1.33. The second-order valence-corrected chi connectivity index (χ2v) is 7.32. The molecule has 3 heterocycles. The van der Waals surface area contributed by atoms with E-state index in [2.05, 4.69) is 20.7 Å². The van der Waals surface area contributed by atoms with Crippen molar-refractivity contribution in [2.24, 2.45) is 13.0 Å². The molecule has 2 fully saturated rings. The molecule has 8 heteroatoms. The predicted molar refractivity (Wildman–Crippen MR) is 104 cm³/mol. The highest BCUT2D eigenvalue weighted by Crippen LogP contribution is 2.40. The molecule has 5 rings (SSSR count). The van der Waals surface area contributed by atoms with E-state index in [1.807, 2.05) is 37.6 Å². The Morgan fingerprint density at radius 3 is 2.93 bits per heavy atom. The molecule has 1 aromatic carbocycles. The first-order valence-corrected chi connectivity index (χ1v) is 9.08. The predicted octanol–water partition coefficient (Wildman–Crippen LogP) is 2.80. The number of aromatic nitrogens is 3. The third-order valence-corrected chi connectivity index (χ3v) is 5.30. The maximum Gasteiger partial charge on any atom is 0.229 e. The fourth-order valence-electron chi connectivity index (χ4n) is 3.70.